The van der Waals surface area contributed by atoms with Gasteiger partial charge in [-0.1, -0.05) is 413 Å². The topological polar surface area (TPSA) is 0 Å². The van der Waals surface area contributed by atoms with E-state index in [2.05, 4.69) is 55.4 Å². The molecule has 1 heteroatoms. The molecule has 0 N–H and O–H groups in total. The van der Waals surface area contributed by atoms with Crippen LogP contribution in [-0.4, -0.2) is 0 Å². The molecule has 0 fully saturated rings. The van der Waals surface area contributed by atoms with Crippen LogP contribution in [0.1, 0.15) is 439 Å². The van der Waals surface area contributed by atoms with Gasteiger partial charge in [-0.05, 0) is 0 Å². The van der Waals surface area contributed by atoms with Gasteiger partial charge in [0, 0.05) is 0 Å². The van der Waals surface area contributed by atoms with E-state index in [4.69, 9.17) is 0 Å². The summed E-state index contributed by atoms with van der Waals surface area (Å²) in [5, 5.41) is 0. The summed E-state index contributed by atoms with van der Waals surface area (Å²) in [6.07, 6.45) is 91.3. The van der Waals surface area contributed by atoms with Gasteiger partial charge >= 0.3 is 26.2 Å². The molecule has 0 unspecified atom stereocenters. The molecule has 0 aromatic carbocycles. The fourth-order valence-electron chi connectivity index (χ4n) is 10.2. The summed E-state index contributed by atoms with van der Waals surface area (Å²) in [6, 6.07) is 0. The predicted octanol–water partition coefficient (Wildman–Crippen LogP) is 28.3. The molecular formula is C72H148Zr. The van der Waals surface area contributed by atoms with Gasteiger partial charge in [-0.3, -0.25) is 0 Å². The van der Waals surface area contributed by atoms with Crippen LogP contribution in [0.15, 0.2) is 0 Å². The van der Waals surface area contributed by atoms with Crippen LogP contribution in [0.2, 0.25) is 0 Å². The third-order valence-corrected chi connectivity index (χ3v) is 15.4. The molecule has 0 amide bonds. The van der Waals surface area contributed by atoms with E-state index in [0.29, 0.717) is 0 Å². The van der Waals surface area contributed by atoms with Crippen molar-refractivity contribution in [3.05, 3.63) is 27.7 Å². The molecule has 0 nitrogen and oxygen atoms in total. The first-order valence-corrected chi connectivity index (χ1v) is 34.8. The van der Waals surface area contributed by atoms with Crippen LogP contribution in [-0.2, 0) is 26.2 Å². The van der Waals surface area contributed by atoms with Crippen molar-refractivity contribution in [1.29, 1.82) is 0 Å². The Morgan fingerprint density at radius 1 is 0.123 bits per heavy atom. The van der Waals surface area contributed by atoms with E-state index < -0.39 is 0 Å². The Balaban J connectivity index is -0.000000280. The molecule has 440 valence electrons. The molecule has 0 saturated heterocycles. The van der Waals surface area contributed by atoms with Gasteiger partial charge in [0.1, 0.15) is 0 Å². The van der Waals surface area contributed by atoms with Crippen molar-refractivity contribution >= 4 is 0 Å². The molecule has 0 radical (unpaired) electrons. The largest absolute Gasteiger partial charge is 4.00 e. The van der Waals surface area contributed by atoms with Crippen molar-refractivity contribution < 1.29 is 26.2 Å². The maximum Gasteiger partial charge on any atom is 4.00 e. The molecule has 73 heavy (non-hydrogen) atoms. The minimum atomic E-state index is 0. The Labute approximate surface area is 489 Å². The van der Waals surface area contributed by atoms with Crippen LogP contribution in [0.4, 0.5) is 0 Å². The average molecular weight is 1110 g/mol. The second-order valence-corrected chi connectivity index (χ2v) is 23.2. The molecule has 0 heterocycles. The third-order valence-electron chi connectivity index (χ3n) is 15.4. The maximum absolute atomic E-state index is 3.88. The van der Waals surface area contributed by atoms with E-state index in [-0.39, 0.29) is 26.2 Å². The minimum Gasteiger partial charge on any atom is -0.343 e. The van der Waals surface area contributed by atoms with Gasteiger partial charge in [-0.2, -0.15) is 25.7 Å². The van der Waals surface area contributed by atoms with Crippen molar-refractivity contribution in [3.8, 4) is 0 Å². The standard InChI is InChI=1S/4C18H37.Zr/c4*1-3-5-7-9-11-13-15-17-18-16-14-12-10-8-6-4-2;/h4*1,3-18H2,2H3;/q4*-1;+4. The number of hydrogen-bond acceptors (Lipinski definition) is 0. The summed E-state index contributed by atoms with van der Waals surface area (Å²) in [5.74, 6) is 0. The van der Waals surface area contributed by atoms with E-state index in [9.17, 15) is 0 Å². The van der Waals surface area contributed by atoms with Crippen LogP contribution >= 0.6 is 0 Å². The molecule has 0 aliphatic carbocycles. The van der Waals surface area contributed by atoms with Crippen LogP contribution in [0.3, 0.4) is 0 Å². The zero-order chi connectivity index (χ0) is 53.3. The van der Waals surface area contributed by atoms with Gasteiger partial charge in [0.25, 0.3) is 0 Å². The van der Waals surface area contributed by atoms with Crippen molar-refractivity contribution in [2.45, 2.75) is 439 Å². The number of unbranched alkanes of at least 4 members (excludes halogenated alkanes) is 60. The normalized spacial score (nSPS) is 10.8. The summed E-state index contributed by atoms with van der Waals surface area (Å²) < 4.78 is 0. The molecule has 0 aromatic heterocycles. The van der Waals surface area contributed by atoms with E-state index in [1.54, 1.807) is 0 Å². The summed E-state index contributed by atoms with van der Waals surface area (Å²) in [4.78, 5) is 0. The van der Waals surface area contributed by atoms with Crippen LogP contribution in [0, 0.1) is 27.7 Å². The summed E-state index contributed by atoms with van der Waals surface area (Å²) >= 11 is 0. The first kappa shape index (κ1) is 82.7. The molecular weight excluding hydrogens is 956 g/mol. The van der Waals surface area contributed by atoms with Crippen molar-refractivity contribution in [3.63, 3.8) is 0 Å². The van der Waals surface area contributed by atoms with Gasteiger partial charge in [-0.25, -0.2) is 0 Å². The van der Waals surface area contributed by atoms with Crippen molar-refractivity contribution in [1.82, 2.24) is 0 Å². The quantitative estimate of drug-likeness (QED) is 0.0421. The molecule has 0 atom stereocenters. The molecule has 0 aromatic rings. The summed E-state index contributed by atoms with van der Waals surface area (Å²) in [7, 11) is 0. The van der Waals surface area contributed by atoms with Gasteiger partial charge < -0.3 is 27.7 Å². The maximum atomic E-state index is 3.88. The predicted molar refractivity (Wildman–Crippen MR) is 340 cm³/mol. The molecule has 0 aliphatic heterocycles. The van der Waals surface area contributed by atoms with Gasteiger partial charge in [-0.15, -0.1) is 0 Å². The van der Waals surface area contributed by atoms with Gasteiger partial charge in [0.05, 0.1) is 0 Å². The Morgan fingerprint density at radius 3 is 0.260 bits per heavy atom. The number of hydrogen-bond donors (Lipinski definition) is 0. The zero-order valence-corrected chi connectivity index (χ0v) is 55.0. The fourth-order valence-corrected chi connectivity index (χ4v) is 10.2. The van der Waals surface area contributed by atoms with Gasteiger partial charge in [0.15, 0.2) is 0 Å². The summed E-state index contributed by atoms with van der Waals surface area (Å²) in [6.45, 7) is 24.7. The van der Waals surface area contributed by atoms with E-state index >= 15 is 0 Å². The average Bonchev–Trinajstić information content (AvgIpc) is 3.39. The number of rotatable bonds is 60. The molecule has 0 spiro atoms. The Morgan fingerprint density at radius 2 is 0.192 bits per heavy atom. The van der Waals surface area contributed by atoms with E-state index in [1.807, 2.05) is 0 Å². The molecule has 0 rings (SSSR count). The smallest absolute Gasteiger partial charge is 0.343 e. The molecule has 0 aliphatic rings. The van der Waals surface area contributed by atoms with E-state index in [0.717, 1.165) is 25.7 Å². The molecule has 0 bridgehead atoms. The SMILES string of the molecule is [CH2-]CCCCCCCCCCCCCCCCC.[CH2-]CCCCCCCCCCCCCCCCC.[CH2-]CCCCCCCCCCCCCCCCC.[CH2-]CCCCCCCCCCCCCCCCC.[Zr+4]. The van der Waals surface area contributed by atoms with Gasteiger partial charge in [0.2, 0.25) is 0 Å². The third kappa shape index (κ3) is 98.8. The Hall–Kier alpha value is 0.883. The van der Waals surface area contributed by atoms with Crippen LogP contribution in [0.5, 0.6) is 0 Å². The monoisotopic (exact) mass is 1100 g/mol. The zero-order valence-electron chi connectivity index (χ0n) is 52.6. The van der Waals surface area contributed by atoms with Crippen LogP contribution in [0.25, 0.3) is 0 Å². The molecule has 0 saturated carbocycles. The van der Waals surface area contributed by atoms with E-state index in [1.165, 1.54) is 385 Å². The second kappa shape index (κ2) is 89.5. The first-order valence-electron chi connectivity index (χ1n) is 34.8. The Bertz CT molecular complexity index is 584. The Kier molecular flexibility index (Phi) is 101. The minimum absolute atomic E-state index is 0. The van der Waals surface area contributed by atoms with Crippen LogP contribution < -0.4 is 0 Å². The first-order chi connectivity index (χ1) is 35.7. The van der Waals surface area contributed by atoms with Crippen molar-refractivity contribution in [2.75, 3.05) is 0 Å². The van der Waals surface area contributed by atoms with Crippen molar-refractivity contribution in [2.24, 2.45) is 0 Å². The fraction of sp³-hybridized carbons (Fsp3) is 0.944. The summed E-state index contributed by atoms with van der Waals surface area (Å²) in [5.41, 5.74) is 0. The second-order valence-electron chi connectivity index (χ2n) is 23.2.